The Morgan fingerprint density at radius 3 is 2.23 bits per heavy atom. The minimum atomic E-state index is -2.90. The van der Waals surface area contributed by atoms with Gasteiger partial charge in [-0.3, -0.25) is 0 Å². The second kappa shape index (κ2) is 6.84. The van der Waals surface area contributed by atoms with Crippen molar-refractivity contribution in [3.05, 3.63) is 53.8 Å². The van der Waals surface area contributed by atoms with Gasteiger partial charge in [-0.1, -0.05) is 6.07 Å². The predicted molar refractivity (Wildman–Crippen MR) is 76.9 cm³/mol. The summed E-state index contributed by atoms with van der Waals surface area (Å²) >= 11 is 0. The fourth-order valence-electron chi connectivity index (χ4n) is 1.68. The standard InChI is InChI=1S/C15H13F3N2O2/c1-9-2-3-11(8-13(9)16)20-15(21)19-10-4-6-12(7-5-10)22-14(17)18/h2-8,14H,1H3,(H2,19,20,21). The maximum Gasteiger partial charge on any atom is 0.387 e. The number of amides is 2. The number of alkyl halides is 2. The zero-order chi connectivity index (χ0) is 16.1. The molecule has 0 heterocycles. The van der Waals surface area contributed by atoms with Crippen LogP contribution in [0.25, 0.3) is 0 Å². The number of carbonyl (C=O) groups is 1. The first-order valence-electron chi connectivity index (χ1n) is 6.33. The number of hydrogen-bond donors (Lipinski definition) is 2. The number of rotatable bonds is 4. The van der Waals surface area contributed by atoms with Crippen LogP contribution in [0.1, 0.15) is 5.56 Å². The Morgan fingerprint density at radius 1 is 1.05 bits per heavy atom. The molecule has 2 rings (SSSR count). The van der Waals surface area contributed by atoms with E-state index in [9.17, 15) is 18.0 Å². The molecular formula is C15H13F3N2O2. The van der Waals surface area contributed by atoms with Crippen LogP contribution in [0.2, 0.25) is 0 Å². The highest BCUT2D eigenvalue weighted by molar-refractivity contribution is 5.99. The van der Waals surface area contributed by atoms with Gasteiger partial charge < -0.3 is 15.4 Å². The van der Waals surface area contributed by atoms with Crippen LogP contribution < -0.4 is 15.4 Å². The lowest BCUT2D eigenvalue weighted by Crippen LogP contribution is -2.19. The van der Waals surface area contributed by atoms with Crippen molar-refractivity contribution in [3.8, 4) is 5.75 Å². The van der Waals surface area contributed by atoms with Gasteiger partial charge in [-0.2, -0.15) is 8.78 Å². The number of aryl methyl sites for hydroxylation is 1. The fraction of sp³-hybridized carbons (Fsp3) is 0.133. The van der Waals surface area contributed by atoms with E-state index in [1.54, 1.807) is 19.1 Å². The second-order valence-corrected chi connectivity index (χ2v) is 4.45. The van der Waals surface area contributed by atoms with E-state index in [1.807, 2.05) is 0 Å². The van der Waals surface area contributed by atoms with Gasteiger partial charge in [0.05, 0.1) is 0 Å². The molecule has 4 nitrogen and oxygen atoms in total. The van der Waals surface area contributed by atoms with E-state index in [-0.39, 0.29) is 5.75 Å². The zero-order valence-corrected chi connectivity index (χ0v) is 11.6. The zero-order valence-electron chi connectivity index (χ0n) is 11.6. The van der Waals surface area contributed by atoms with E-state index in [1.165, 1.54) is 30.3 Å². The highest BCUT2D eigenvalue weighted by atomic mass is 19.3. The SMILES string of the molecule is Cc1ccc(NC(=O)Nc2ccc(OC(F)F)cc2)cc1F. The highest BCUT2D eigenvalue weighted by Gasteiger charge is 2.07. The average Bonchev–Trinajstić information content (AvgIpc) is 2.44. The van der Waals surface area contributed by atoms with Gasteiger partial charge in [0.2, 0.25) is 0 Å². The number of benzene rings is 2. The molecule has 0 aromatic heterocycles. The first-order chi connectivity index (χ1) is 10.4. The van der Waals surface area contributed by atoms with Crippen LogP contribution in [0, 0.1) is 12.7 Å². The third kappa shape index (κ3) is 4.41. The molecule has 2 N–H and O–H groups in total. The van der Waals surface area contributed by atoms with Gasteiger partial charge >= 0.3 is 12.6 Å². The van der Waals surface area contributed by atoms with E-state index in [0.29, 0.717) is 16.9 Å². The van der Waals surface area contributed by atoms with Crippen LogP contribution in [-0.2, 0) is 0 Å². The topological polar surface area (TPSA) is 50.4 Å². The van der Waals surface area contributed by atoms with E-state index in [0.717, 1.165) is 0 Å². The molecule has 0 aliphatic rings. The molecule has 0 fully saturated rings. The summed E-state index contributed by atoms with van der Waals surface area (Å²) in [5, 5.41) is 4.95. The molecule has 22 heavy (non-hydrogen) atoms. The van der Waals surface area contributed by atoms with Crippen molar-refractivity contribution in [2.45, 2.75) is 13.5 Å². The Bertz CT molecular complexity index is 660. The summed E-state index contributed by atoms with van der Waals surface area (Å²) in [5.41, 5.74) is 1.16. The Labute approximate surface area is 124 Å². The number of urea groups is 1. The minimum absolute atomic E-state index is 0.0124. The van der Waals surface area contributed by atoms with E-state index in [2.05, 4.69) is 15.4 Å². The second-order valence-electron chi connectivity index (χ2n) is 4.45. The molecule has 0 spiro atoms. The molecule has 0 aliphatic carbocycles. The van der Waals surface area contributed by atoms with Gasteiger partial charge in [-0.25, -0.2) is 9.18 Å². The van der Waals surface area contributed by atoms with Crippen molar-refractivity contribution in [1.29, 1.82) is 0 Å². The minimum Gasteiger partial charge on any atom is -0.435 e. The molecule has 2 aromatic rings. The fourth-order valence-corrected chi connectivity index (χ4v) is 1.68. The molecule has 0 saturated carbocycles. The Balaban J connectivity index is 1.95. The Morgan fingerprint density at radius 2 is 1.64 bits per heavy atom. The molecule has 0 aliphatic heterocycles. The molecule has 116 valence electrons. The van der Waals surface area contributed by atoms with Crippen molar-refractivity contribution >= 4 is 17.4 Å². The third-order valence-electron chi connectivity index (χ3n) is 2.77. The molecule has 7 heteroatoms. The summed E-state index contributed by atoms with van der Waals surface area (Å²) in [6, 6.07) is 9.15. The van der Waals surface area contributed by atoms with Gasteiger partial charge in [0.25, 0.3) is 0 Å². The summed E-state index contributed by atoms with van der Waals surface area (Å²) in [5.74, 6) is -0.437. The summed E-state index contributed by atoms with van der Waals surface area (Å²) in [6.45, 7) is -1.29. The number of anilines is 2. The van der Waals surface area contributed by atoms with Crippen LogP contribution in [0.5, 0.6) is 5.75 Å². The molecule has 0 radical (unpaired) electrons. The van der Waals surface area contributed by atoms with Crippen molar-refractivity contribution in [1.82, 2.24) is 0 Å². The van der Waals surface area contributed by atoms with Crippen molar-refractivity contribution in [2.75, 3.05) is 10.6 Å². The number of carbonyl (C=O) groups excluding carboxylic acids is 1. The lowest BCUT2D eigenvalue weighted by atomic mass is 10.2. The van der Waals surface area contributed by atoms with Crippen LogP contribution in [0.15, 0.2) is 42.5 Å². The number of nitrogens with one attached hydrogen (secondary N) is 2. The first-order valence-corrected chi connectivity index (χ1v) is 6.33. The Hall–Kier alpha value is -2.70. The van der Waals surface area contributed by atoms with Crippen LogP contribution in [-0.4, -0.2) is 12.6 Å². The maximum atomic E-state index is 13.4. The Kier molecular flexibility index (Phi) is 4.88. The third-order valence-corrected chi connectivity index (χ3v) is 2.77. The smallest absolute Gasteiger partial charge is 0.387 e. The van der Waals surface area contributed by atoms with Gasteiger partial charge in [-0.05, 0) is 48.9 Å². The normalized spacial score (nSPS) is 10.4. The molecule has 0 atom stereocenters. The molecular weight excluding hydrogens is 297 g/mol. The lowest BCUT2D eigenvalue weighted by Gasteiger charge is -2.09. The summed E-state index contributed by atoms with van der Waals surface area (Å²) < 4.78 is 41.6. The number of halogens is 3. The number of ether oxygens (including phenoxy) is 1. The van der Waals surface area contributed by atoms with E-state index < -0.39 is 18.5 Å². The molecule has 2 amide bonds. The van der Waals surface area contributed by atoms with Crippen LogP contribution >= 0.6 is 0 Å². The quantitative estimate of drug-likeness (QED) is 0.880. The summed E-state index contributed by atoms with van der Waals surface area (Å²) in [7, 11) is 0. The van der Waals surface area contributed by atoms with Crippen molar-refractivity contribution in [3.63, 3.8) is 0 Å². The van der Waals surface area contributed by atoms with Gasteiger partial charge in [-0.15, -0.1) is 0 Å². The average molecular weight is 310 g/mol. The molecule has 0 unspecified atom stereocenters. The summed E-state index contributed by atoms with van der Waals surface area (Å²) in [4.78, 5) is 11.7. The van der Waals surface area contributed by atoms with Gasteiger partial charge in [0.15, 0.2) is 0 Å². The first kappa shape index (κ1) is 15.7. The molecule has 2 aromatic carbocycles. The van der Waals surface area contributed by atoms with Gasteiger partial charge in [0, 0.05) is 11.4 Å². The van der Waals surface area contributed by atoms with Crippen molar-refractivity contribution in [2.24, 2.45) is 0 Å². The summed E-state index contributed by atoms with van der Waals surface area (Å²) in [6.07, 6.45) is 0. The predicted octanol–water partition coefficient (Wildman–Crippen LogP) is 4.38. The van der Waals surface area contributed by atoms with Crippen LogP contribution in [0.3, 0.4) is 0 Å². The van der Waals surface area contributed by atoms with Crippen molar-refractivity contribution < 1.29 is 22.7 Å². The van der Waals surface area contributed by atoms with Gasteiger partial charge in [0.1, 0.15) is 11.6 Å². The van der Waals surface area contributed by atoms with E-state index in [4.69, 9.17) is 0 Å². The van der Waals surface area contributed by atoms with Crippen LogP contribution in [0.4, 0.5) is 29.3 Å². The highest BCUT2D eigenvalue weighted by Crippen LogP contribution is 2.18. The lowest BCUT2D eigenvalue weighted by molar-refractivity contribution is -0.0498. The molecule has 0 bridgehead atoms. The van der Waals surface area contributed by atoms with E-state index >= 15 is 0 Å². The maximum absolute atomic E-state index is 13.4. The molecule has 0 saturated heterocycles. The largest absolute Gasteiger partial charge is 0.435 e. The number of hydrogen-bond acceptors (Lipinski definition) is 2. The monoisotopic (exact) mass is 310 g/mol.